The van der Waals surface area contributed by atoms with Gasteiger partial charge in [0.1, 0.15) is 35.7 Å². The Morgan fingerprint density at radius 2 is 1.80 bits per heavy atom. The molecule has 240 valence electrons. The average Bonchev–Trinajstić information content (AvgIpc) is 3.47. The number of hydrogen-bond donors (Lipinski definition) is 2. The van der Waals surface area contributed by atoms with E-state index in [2.05, 4.69) is 75.7 Å². The lowest BCUT2D eigenvalue weighted by molar-refractivity contribution is 0.249. The van der Waals surface area contributed by atoms with Crippen LogP contribution in [0.1, 0.15) is 12.8 Å². The molecule has 46 heavy (non-hydrogen) atoms. The molecule has 0 radical (unpaired) electrons. The first kappa shape index (κ1) is 31.8. The van der Waals surface area contributed by atoms with Crippen LogP contribution in [-0.2, 0) is 11.6 Å². The maximum Gasteiger partial charge on any atom is 0.239 e. The fourth-order valence-electron chi connectivity index (χ4n) is 5.66. The molecule has 0 spiro atoms. The zero-order chi connectivity index (χ0) is 32.6. The van der Waals surface area contributed by atoms with E-state index in [1.807, 2.05) is 31.4 Å². The number of pyridine rings is 1. The Kier molecular flexibility index (Phi) is 8.90. The molecule has 0 bridgehead atoms. The van der Waals surface area contributed by atoms with Gasteiger partial charge in [0, 0.05) is 50.3 Å². The van der Waals surface area contributed by atoms with Crippen molar-refractivity contribution in [2.75, 3.05) is 63.2 Å². The van der Waals surface area contributed by atoms with Crippen molar-refractivity contribution >= 4 is 68.4 Å². The summed E-state index contributed by atoms with van der Waals surface area (Å²) in [6, 6.07) is 6.16. The van der Waals surface area contributed by atoms with Crippen LogP contribution >= 0.6 is 23.1 Å². The summed E-state index contributed by atoms with van der Waals surface area (Å²) in [5.74, 6) is 1.95. The summed E-state index contributed by atoms with van der Waals surface area (Å²) in [6.07, 6.45) is 8.77. The van der Waals surface area contributed by atoms with Gasteiger partial charge in [-0.15, -0.1) is 5.10 Å². The van der Waals surface area contributed by atoms with E-state index in [1.54, 1.807) is 43.7 Å². The van der Waals surface area contributed by atoms with Crippen molar-refractivity contribution in [1.29, 1.82) is 0 Å². The second-order valence-electron chi connectivity index (χ2n) is 11.8. The number of nitrogens with one attached hydrogen (secondary N) is 2. The molecule has 0 atom stereocenters. The van der Waals surface area contributed by atoms with Gasteiger partial charge in [-0.05, 0) is 74.4 Å². The Hall–Kier alpha value is -4.20. The molecule has 14 nitrogen and oxygen atoms in total. The number of piperidine rings is 1. The highest BCUT2D eigenvalue weighted by molar-refractivity contribution is 9.10. The number of aromatic nitrogens is 8. The number of halogens is 1. The minimum atomic E-state index is -2.77. The molecule has 1 fully saturated rings. The number of ether oxygens (including phenoxy) is 1. The average molecular weight is 708 g/mol. The number of rotatable bonds is 9. The van der Waals surface area contributed by atoms with Gasteiger partial charge in [-0.2, -0.15) is 9.97 Å². The van der Waals surface area contributed by atoms with Gasteiger partial charge in [-0.3, -0.25) is 14.6 Å². The first-order valence-corrected chi connectivity index (χ1v) is 18.1. The van der Waals surface area contributed by atoms with Crippen molar-refractivity contribution in [3.8, 4) is 17.1 Å². The lowest BCUT2D eigenvalue weighted by atomic mass is 10.0. The molecule has 4 aromatic heterocycles. The number of anilines is 5. The smallest absolute Gasteiger partial charge is 0.239 e. The summed E-state index contributed by atoms with van der Waals surface area (Å²) in [6.45, 7) is 5.14. The minimum absolute atomic E-state index is 0.300. The van der Waals surface area contributed by atoms with Crippen LogP contribution in [0.5, 0.6) is 5.88 Å². The first-order chi connectivity index (χ1) is 22.0. The molecule has 5 heterocycles. The van der Waals surface area contributed by atoms with Crippen molar-refractivity contribution in [3.05, 3.63) is 47.5 Å². The third-order valence-electron chi connectivity index (χ3n) is 7.93. The minimum Gasteiger partial charge on any atom is -0.479 e. The zero-order valence-corrected chi connectivity index (χ0v) is 29.0. The molecule has 16 heteroatoms. The number of fused-ring (bicyclic) bond motifs is 1. The number of methoxy groups -OCH3 is 1. The fourth-order valence-corrected chi connectivity index (χ4v) is 7.34. The molecular weight excluding hydrogens is 671 g/mol. The third kappa shape index (κ3) is 6.53. The van der Waals surface area contributed by atoms with Gasteiger partial charge in [0.05, 0.1) is 34.3 Å². The van der Waals surface area contributed by atoms with Gasteiger partial charge < -0.3 is 29.7 Å². The van der Waals surface area contributed by atoms with Crippen LogP contribution in [-0.4, -0.2) is 98.5 Å². The molecule has 0 saturated carbocycles. The van der Waals surface area contributed by atoms with E-state index in [4.69, 9.17) is 14.7 Å². The Labute approximate surface area is 275 Å². The summed E-state index contributed by atoms with van der Waals surface area (Å²) >= 11 is 3.56. The van der Waals surface area contributed by atoms with Gasteiger partial charge in [0.15, 0.2) is 0 Å². The van der Waals surface area contributed by atoms with Gasteiger partial charge in [-0.25, -0.2) is 4.98 Å². The zero-order valence-electron chi connectivity index (χ0n) is 26.6. The number of benzene rings is 1. The van der Waals surface area contributed by atoms with Gasteiger partial charge in [-0.1, -0.05) is 5.21 Å². The second-order valence-corrected chi connectivity index (χ2v) is 15.8. The van der Waals surface area contributed by atoms with Crippen molar-refractivity contribution in [1.82, 2.24) is 44.8 Å². The molecule has 5 aromatic rings. The van der Waals surface area contributed by atoms with Gasteiger partial charge >= 0.3 is 0 Å². The molecular formula is C30H36BrN12O2P. The lowest BCUT2D eigenvalue weighted by Gasteiger charge is -2.36. The largest absolute Gasteiger partial charge is 0.479 e. The maximum atomic E-state index is 13.4. The molecule has 0 amide bonds. The quantitative estimate of drug-likeness (QED) is 0.205. The lowest BCUT2D eigenvalue weighted by Crippen LogP contribution is -2.42. The second kappa shape index (κ2) is 12.9. The standard InChI is InChI=1S/C30H36BrN12O2P/c1-41(2)18-9-13-43(14-10-18)28-19(24-17-42(3)40-39-24)15-23(29(38-28)45-4)36-30-34-16-20(31)27(37-30)35-22-8-7-21-25(33-12-11-32-21)26(22)46(5,6)44/h7-8,11-12,15-18H,9-10,13-14H2,1-6H3,(H2,34,35,36,37). The highest BCUT2D eigenvalue weighted by Crippen LogP contribution is 2.42. The number of aryl methyl sites for hydroxylation is 1. The summed E-state index contributed by atoms with van der Waals surface area (Å²) in [7, 11) is 4.90. The first-order valence-electron chi connectivity index (χ1n) is 14.7. The van der Waals surface area contributed by atoms with Crippen molar-refractivity contribution < 1.29 is 9.30 Å². The molecule has 1 aliphatic rings. The number of hydrogen-bond acceptors (Lipinski definition) is 13. The molecule has 6 rings (SSSR count). The van der Waals surface area contributed by atoms with E-state index in [1.165, 1.54) is 0 Å². The van der Waals surface area contributed by atoms with E-state index in [0.29, 0.717) is 61.6 Å². The Morgan fingerprint density at radius 1 is 1.04 bits per heavy atom. The fraction of sp³-hybridized carbons (Fsp3) is 0.367. The normalized spacial score (nSPS) is 14.2. The van der Waals surface area contributed by atoms with Crippen LogP contribution in [0, 0.1) is 0 Å². The highest BCUT2D eigenvalue weighted by atomic mass is 79.9. The van der Waals surface area contributed by atoms with E-state index in [0.717, 1.165) is 37.3 Å². The monoisotopic (exact) mass is 706 g/mol. The summed E-state index contributed by atoms with van der Waals surface area (Å²) < 4.78 is 21.5. The SMILES string of the molecule is COc1nc(N2CCC(N(C)C)CC2)c(-c2cn(C)nn2)cc1Nc1ncc(Br)c(Nc2ccc3nccnc3c2P(C)(C)=O)n1. The third-order valence-corrected chi connectivity index (χ3v) is 10.0. The predicted octanol–water partition coefficient (Wildman–Crippen LogP) is 4.65. The number of nitrogens with zero attached hydrogens (tertiary/aromatic N) is 10. The van der Waals surface area contributed by atoms with E-state index >= 15 is 0 Å². The van der Waals surface area contributed by atoms with Gasteiger partial charge in [0.25, 0.3) is 0 Å². The van der Waals surface area contributed by atoms with E-state index < -0.39 is 7.14 Å². The molecule has 2 N–H and O–H groups in total. The summed E-state index contributed by atoms with van der Waals surface area (Å²) in [4.78, 5) is 27.6. The molecule has 0 aliphatic carbocycles. The predicted molar refractivity (Wildman–Crippen MR) is 185 cm³/mol. The van der Waals surface area contributed by atoms with Crippen molar-refractivity contribution in [3.63, 3.8) is 0 Å². The highest BCUT2D eigenvalue weighted by Gasteiger charge is 2.27. The van der Waals surface area contributed by atoms with E-state index in [9.17, 15) is 4.57 Å². The molecule has 1 saturated heterocycles. The van der Waals surface area contributed by atoms with Gasteiger partial charge in [0.2, 0.25) is 11.8 Å². The van der Waals surface area contributed by atoms with Crippen molar-refractivity contribution in [2.24, 2.45) is 7.05 Å². The summed E-state index contributed by atoms with van der Waals surface area (Å²) in [5, 5.41) is 15.8. The van der Waals surface area contributed by atoms with Crippen LogP contribution in [0.4, 0.5) is 29.0 Å². The van der Waals surface area contributed by atoms with Crippen LogP contribution in [0.15, 0.2) is 47.5 Å². The van der Waals surface area contributed by atoms with Crippen LogP contribution < -0.4 is 25.6 Å². The van der Waals surface area contributed by atoms with Crippen LogP contribution in [0.2, 0.25) is 0 Å². The molecule has 1 aromatic carbocycles. The topological polar surface area (TPSA) is 152 Å². The molecule has 1 aliphatic heterocycles. The van der Waals surface area contributed by atoms with Crippen molar-refractivity contribution in [2.45, 2.75) is 18.9 Å². The molecule has 0 unspecified atom stereocenters. The van der Waals surface area contributed by atoms with E-state index in [-0.39, 0.29) is 0 Å². The Morgan fingerprint density at radius 3 is 2.48 bits per heavy atom. The summed E-state index contributed by atoms with van der Waals surface area (Å²) in [5.41, 5.74) is 3.96. The van der Waals surface area contributed by atoms with Crippen LogP contribution in [0.3, 0.4) is 0 Å². The Balaban J connectivity index is 1.36. The maximum absolute atomic E-state index is 13.4. The van der Waals surface area contributed by atoms with Crippen LogP contribution in [0.25, 0.3) is 22.3 Å². The Bertz CT molecular complexity index is 1940.